The molecule has 1 aliphatic heterocycles. The van der Waals surface area contributed by atoms with Crippen LogP contribution in [0.15, 0.2) is 22.7 Å². The smallest absolute Gasteiger partial charge is 0.321 e. The summed E-state index contributed by atoms with van der Waals surface area (Å²) in [6.45, 7) is 7.69. The molecule has 1 aromatic carbocycles. The highest BCUT2D eigenvalue weighted by molar-refractivity contribution is 5.93. The van der Waals surface area contributed by atoms with E-state index in [1.165, 1.54) is 11.3 Å². The lowest BCUT2D eigenvalue weighted by atomic mass is 9.88. The summed E-state index contributed by atoms with van der Waals surface area (Å²) in [4.78, 5) is 42.6. The molecule has 1 aliphatic carbocycles. The van der Waals surface area contributed by atoms with E-state index in [4.69, 9.17) is 9.26 Å². The summed E-state index contributed by atoms with van der Waals surface area (Å²) in [6, 6.07) is 4.66. The van der Waals surface area contributed by atoms with Crippen molar-refractivity contribution in [2.24, 2.45) is 11.8 Å². The Bertz CT molecular complexity index is 1220. The summed E-state index contributed by atoms with van der Waals surface area (Å²) in [5.74, 6) is 0.758. The quantitative estimate of drug-likeness (QED) is 0.456. The number of aryl methyl sites for hydroxylation is 2. The van der Waals surface area contributed by atoms with Crippen molar-refractivity contribution in [2.75, 3.05) is 37.4 Å². The lowest BCUT2D eigenvalue weighted by molar-refractivity contribution is -0.134. The molecule has 0 saturated heterocycles. The van der Waals surface area contributed by atoms with Crippen molar-refractivity contribution in [3.63, 3.8) is 0 Å². The Morgan fingerprint density at radius 1 is 1.20 bits per heavy atom. The number of aliphatic hydroxyl groups excluding tert-OH is 1. The van der Waals surface area contributed by atoms with Crippen LogP contribution >= 0.6 is 0 Å². The Morgan fingerprint density at radius 3 is 2.59 bits per heavy atom. The molecule has 11 nitrogen and oxygen atoms in total. The Hall–Kier alpha value is -3.60. The zero-order valence-electron chi connectivity index (χ0n) is 24.7. The number of amides is 4. The lowest BCUT2D eigenvalue weighted by Gasteiger charge is -2.34. The topological polar surface area (TPSA) is 137 Å². The largest absolute Gasteiger partial charge is 0.488 e. The summed E-state index contributed by atoms with van der Waals surface area (Å²) in [5.41, 5.74) is 2.39. The van der Waals surface area contributed by atoms with E-state index < -0.39 is 6.10 Å². The number of fused-ring (bicyclic) bond motifs is 1. The highest BCUT2D eigenvalue weighted by Crippen LogP contribution is 2.31. The van der Waals surface area contributed by atoms with Crippen molar-refractivity contribution >= 4 is 29.2 Å². The molecule has 41 heavy (non-hydrogen) atoms. The normalized spacial score (nSPS) is 20.6. The maximum atomic E-state index is 13.5. The minimum Gasteiger partial charge on any atom is -0.488 e. The number of hydrogen-bond acceptors (Lipinski definition) is 7. The van der Waals surface area contributed by atoms with Crippen LogP contribution in [0.2, 0.25) is 0 Å². The number of aliphatic hydroxyl groups is 1. The first-order chi connectivity index (χ1) is 19.6. The van der Waals surface area contributed by atoms with E-state index in [0.717, 1.165) is 25.7 Å². The number of benzene rings is 1. The van der Waals surface area contributed by atoms with Crippen LogP contribution in [0.4, 0.5) is 16.2 Å². The van der Waals surface area contributed by atoms with Crippen LogP contribution in [0.25, 0.3) is 0 Å². The molecule has 2 heterocycles. The molecule has 1 saturated carbocycles. The first-order valence-corrected chi connectivity index (χ1v) is 14.5. The van der Waals surface area contributed by atoms with Crippen LogP contribution in [0.5, 0.6) is 5.75 Å². The molecule has 11 heteroatoms. The molecule has 1 aromatic heterocycles. The van der Waals surface area contributed by atoms with Crippen LogP contribution in [-0.4, -0.2) is 76.8 Å². The van der Waals surface area contributed by atoms with Gasteiger partial charge >= 0.3 is 6.03 Å². The molecule has 4 amide bonds. The highest BCUT2D eigenvalue weighted by Gasteiger charge is 2.32. The van der Waals surface area contributed by atoms with Crippen molar-refractivity contribution in [3.8, 4) is 5.75 Å². The van der Waals surface area contributed by atoms with Crippen LogP contribution in [0, 0.1) is 25.7 Å². The van der Waals surface area contributed by atoms with Gasteiger partial charge in [0.25, 0.3) is 0 Å². The van der Waals surface area contributed by atoms with Gasteiger partial charge in [0, 0.05) is 36.7 Å². The Morgan fingerprint density at radius 2 is 1.93 bits per heavy atom. The molecular weight excluding hydrogens is 526 g/mol. The van der Waals surface area contributed by atoms with Gasteiger partial charge in [0.15, 0.2) is 5.76 Å². The number of rotatable bonds is 7. The second-order valence-electron chi connectivity index (χ2n) is 11.5. The van der Waals surface area contributed by atoms with Crippen molar-refractivity contribution in [1.82, 2.24) is 15.0 Å². The Kier molecular flexibility index (Phi) is 9.90. The van der Waals surface area contributed by atoms with Gasteiger partial charge in [-0.05, 0) is 51.8 Å². The van der Waals surface area contributed by atoms with E-state index in [9.17, 15) is 19.5 Å². The number of nitrogens with zero attached hydrogens (tertiary/aromatic N) is 3. The summed E-state index contributed by atoms with van der Waals surface area (Å²) < 4.78 is 11.7. The van der Waals surface area contributed by atoms with Gasteiger partial charge in [0.1, 0.15) is 23.2 Å². The second-order valence-corrected chi connectivity index (χ2v) is 11.5. The minimum atomic E-state index is -0.462. The molecule has 2 aromatic rings. The molecule has 0 bridgehead atoms. The van der Waals surface area contributed by atoms with Crippen molar-refractivity contribution in [3.05, 3.63) is 35.2 Å². The molecule has 3 N–H and O–H groups in total. The van der Waals surface area contributed by atoms with E-state index in [-0.39, 0.29) is 55.3 Å². The van der Waals surface area contributed by atoms with Crippen LogP contribution in [0.3, 0.4) is 0 Å². The molecule has 0 unspecified atom stereocenters. The van der Waals surface area contributed by atoms with Gasteiger partial charge in [-0.1, -0.05) is 31.3 Å². The monoisotopic (exact) mass is 569 g/mol. The van der Waals surface area contributed by atoms with E-state index in [2.05, 4.69) is 15.8 Å². The number of urea groups is 1. The SMILES string of the molecule is Cc1noc(C)c1NC(=O)N(C)C[C@H]1Oc2ccc(NC(=O)C3CCCCC3)cc2CC(=O)N([C@@H](C)CO)C[C@H]1C. The van der Waals surface area contributed by atoms with Gasteiger partial charge in [0.05, 0.1) is 25.6 Å². The fourth-order valence-corrected chi connectivity index (χ4v) is 5.55. The number of likely N-dealkylation sites (N-methyl/N-ethyl adjacent to an activating group) is 1. The number of hydrogen-bond donors (Lipinski definition) is 3. The molecule has 0 spiro atoms. The third-order valence-corrected chi connectivity index (χ3v) is 8.23. The summed E-state index contributed by atoms with van der Waals surface area (Å²) >= 11 is 0. The van der Waals surface area contributed by atoms with Crippen molar-refractivity contribution < 1.29 is 28.8 Å². The zero-order valence-corrected chi connectivity index (χ0v) is 24.7. The number of nitrogens with one attached hydrogen (secondary N) is 2. The molecule has 0 radical (unpaired) electrons. The third kappa shape index (κ3) is 7.38. The summed E-state index contributed by atoms with van der Waals surface area (Å²) in [5, 5.41) is 19.7. The molecule has 224 valence electrons. The second kappa shape index (κ2) is 13.4. The third-order valence-electron chi connectivity index (χ3n) is 8.23. The fraction of sp³-hybridized carbons (Fsp3) is 0.600. The fourth-order valence-electron chi connectivity index (χ4n) is 5.55. The van der Waals surface area contributed by atoms with Crippen LogP contribution in [-0.2, 0) is 16.0 Å². The maximum absolute atomic E-state index is 13.5. The first-order valence-electron chi connectivity index (χ1n) is 14.5. The number of carbonyl (C=O) groups is 3. The van der Waals surface area contributed by atoms with Gasteiger partial charge in [-0.2, -0.15) is 0 Å². The van der Waals surface area contributed by atoms with Crippen molar-refractivity contribution in [1.29, 1.82) is 0 Å². The molecule has 1 fully saturated rings. The van der Waals surface area contributed by atoms with E-state index in [0.29, 0.717) is 40.7 Å². The summed E-state index contributed by atoms with van der Waals surface area (Å²) in [6.07, 6.45) is 4.68. The standard InChI is InChI=1S/C30H43N5O6/c1-18-15-35(19(2)17-36)27(37)14-23-13-24(31-29(38)22-9-7-6-8-10-22)11-12-25(23)40-26(18)16-34(5)30(39)32-28-20(3)33-41-21(28)4/h11-13,18-19,22,26,36H,6-10,14-17H2,1-5H3,(H,31,38)(H,32,39)/t18-,19+,26-/m1/s1. The summed E-state index contributed by atoms with van der Waals surface area (Å²) in [7, 11) is 1.68. The van der Waals surface area contributed by atoms with Gasteiger partial charge in [-0.25, -0.2) is 4.79 Å². The number of carbonyl (C=O) groups excluding carboxylic acids is 3. The average Bonchev–Trinajstić information content (AvgIpc) is 3.29. The van der Waals surface area contributed by atoms with Gasteiger partial charge < -0.3 is 34.8 Å². The molecule has 2 aliphatic rings. The van der Waals surface area contributed by atoms with E-state index >= 15 is 0 Å². The zero-order chi connectivity index (χ0) is 29.7. The number of aromatic nitrogens is 1. The molecule has 3 atom stereocenters. The average molecular weight is 570 g/mol. The predicted molar refractivity (Wildman–Crippen MR) is 155 cm³/mol. The molecule has 4 rings (SSSR count). The first kappa shape index (κ1) is 30.4. The van der Waals surface area contributed by atoms with Gasteiger partial charge in [-0.15, -0.1) is 0 Å². The number of ether oxygens (including phenoxy) is 1. The highest BCUT2D eigenvalue weighted by atomic mass is 16.5. The molecular formula is C30H43N5O6. The van der Waals surface area contributed by atoms with E-state index in [1.807, 2.05) is 13.8 Å². The van der Waals surface area contributed by atoms with Gasteiger partial charge in [0.2, 0.25) is 11.8 Å². The van der Waals surface area contributed by atoms with Gasteiger partial charge in [-0.3, -0.25) is 9.59 Å². The Labute approximate surface area is 241 Å². The lowest BCUT2D eigenvalue weighted by Crippen LogP contribution is -2.48. The van der Waals surface area contributed by atoms with Crippen LogP contribution < -0.4 is 15.4 Å². The minimum absolute atomic E-state index is 0.00468. The number of anilines is 2. The van der Waals surface area contributed by atoms with E-state index in [1.54, 1.807) is 44.0 Å². The maximum Gasteiger partial charge on any atom is 0.321 e. The van der Waals surface area contributed by atoms with Crippen molar-refractivity contribution in [2.45, 2.75) is 78.4 Å². The predicted octanol–water partition coefficient (Wildman–Crippen LogP) is 4.12. The Balaban J connectivity index is 1.57. The van der Waals surface area contributed by atoms with Crippen LogP contribution in [0.1, 0.15) is 63.0 Å².